The second kappa shape index (κ2) is 4.31. The van der Waals surface area contributed by atoms with Gasteiger partial charge in [0.1, 0.15) is 5.82 Å². The third kappa shape index (κ3) is 2.19. The molecule has 1 aromatic carbocycles. The summed E-state index contributed by atoms with van der Waals surface area (Å²) in [6.07, 6.45) is 1.73. The van der Waals surface area contributed by atoms with Gasteiger partial charge >= 0.3 is 0 Å². The lowest BCUT2D eigenvalue weighted by molar-refractivity contribution is 0.624. The van der Waals surface area contributed by atoms with Crippen molar-refractivity contribution in [2.75, 3.05) is 0 Å². The highest BCUT2D eigenvalue weighted by Gasteiger charge is 2.01. The van der Waals surface area contributed by atoms with Crippen molar-refractivity contribution in [3.05, 3.63) is 69.9 Å². The molecule has 0 saturated heterocycles. The molecule has 0 aliphatic heterocycles. The smallest absolute Gasteiger partial charge is 0.250 e. The third-order valence-electron chi connectivity index (χ3n) is 2.54. The van der Waals surface area contributed by atoms with Crippen molar-refractivity contribution in [3.8, 4) is 0 Å². The number of nitrogens with zero attached hydrogens (tertiary/aromatic N) is 1. The Labute approximate surface area is 93.0 Å². The molecule has 1 aromatic heterocycles. The molecular formula is C13H12FNO. The number of pyridine rings is 1. The summed E-state index contributed by atoms with van der Waals surface area (Å²) in [6.45, 7) is 2.32. The van der Waals surface area contributed by atoms with Gasteiger partial charge in [-0.3, -0.25) is 4.79 Å². The summed E-state index contributed by atoms with van der Waals surface area (Å²) < 4.78 is 14.5. The van der Waals surface area contributed by atoms with Crippen molar-refractivity contribution in [3.63, 3.8) is 0 Å². The SMILES string of the molecule is Cc1cc(F)ccc1Cn1ccccc1=O. The van der Waals surface area contributed by atoms with Gasteiger partial charge in [-0.1, -0.05) is 12.1 Å². The molecule has 16 heavy (non-hydrogen) atoms. The monoisotopic (exact) mass is 217 g/mol. The van der Waals surface area contributed by atoms with Gasteiger partial charge in [0, 0.05) is 12.3 Å². The molecule has 0 N–H and O–H groups in total. The Balaban J connectivity index is 2.35. The molecule has 0 fully saturated rings. The fourth-order valence-corrected chi connectivity index (χ4v) is 1.61. The fraction of sp³-hybridized carbons (Fsp3) is 0.154. The van der Waals surface area contributed by atoms with Crippen LogP contribution in [-0.4, -0.2) is 4.57 Å². The second-order valence-corrected chi connectivity index (χ2v) is 3.74. The fourth-order valence-electron chi connectivity index (χ4n) is 1.61. The van der Waals surface area contributed by atoms with Gasteiger partial charge in [0.15, 0.2) is 0 Å². The highest BCUT2D eigenvalue weighted by molar-refractivity contribution is 5.26. The Hall–Kier alpha value is -1.90. The maximum Gasteiger partial charge on any atom is 0.250 e. The largest absolute Gasteiger partial charge is 0.311 e. The molecular weight excluding hydrogens is 205 g/mol. The van der Waals surface area contributed by atoms with Crippen LogP contribution in [0.25, 0.3) is 0 Å². The quantitative estimate of drug-likeness (QED) is 0.756. The molecule has 0 aliphatic rings. The summed E-state index contributed by atoms with van der Waals surface area (Å²) in [4.78, 5) is 11.5. The standard InChI is InChI=1S/C13H12FNO/c1-10-8-12(14)6-5-11(10)9-15-7-3-2-4-13(15)16/h2-8H,9H2,1H3. The van der Waals surface area contributed by atoms with Crippen LogP contribution in [0.1, 0.15) is 11.1 Å². The van der Waals surface area contributed by atoms with Gasteiger partial charge in [-0.15, -0.1) is 0 Å². The van der Waals surface area contributed by atoms with E-state index in [-0.39, 0.29) is 11.4 Å². The number of rotatable bonds is 2. The Morgan fingerprint density at radius 1 is 1.25 bits per heavy atom. The second-order valence-electron chi connectivity index (χ2n) is 3.74. The molecule has 2 rings (SSSR count). The highest BCUT2D eigenvalue weighted by Crippen LogP contribution is 2.10. The van der Waals surface area contributed by atoms with Crippen molar-refractivity contribution < 1.29 is 4.39 Å². The van der Waals surface area contributed by atoms with Gasteiger partial charge in [0.05, 0.1) is 6.54 Å². The van der Waals surface area contributed by atoms with E-state index in [1.807, 2.05) is 6.92 Å². The van der Waals surface area contributed by atoms with Gasteiger partial charge < -0.3 is 4.57 Å². The number of hydrogen-bond acceptors (Lipinski definition) is 1. The molecule has 3 heteroatoms. The lowest BCUT2D eigenvalue weighted by Crippen LogP contribution is -2.18. The molecule has 0 atom stereocenters. The first-order chi connectivity index (χ1) is 7.66. The summed E-state index contributed by atoms with van der Waals surface area (Å²) in [5.74, 6) is -0.248. The van der Waals surface area contributed by atoms with Crippen molar-refractivity contribution in [1.29, 1.82) is 0 Å². The lowest BCUT2D eigenvalue weighted by atomic mass is 10.1. The van der Waals surface area contributed by atoms with Crippen LogP contribution in [-0.2, 0) is 6.54 Å². The van der Waals surface area contributed by atoms with E-state index in [4.69, 9.17) is 0 Å². The molecule has 1 heterocycles. The Morgan fingerprint density at radius 3 is 2.75 bits per heavy atom. The number of aromatic nitrogens is 1. The average Bonchev–Trinajstić information content (AvgIpc) is 2.25. The Kier molecular flexibility index (Phi) is 2.86. The molecule has 0 radical (unpaired) electrons. The van der Waals surface area contributed by atoms with E-state index in [9.17, 15) is 9.18 Å². The van der Waals surface area contributed by atoms with Gasteiger partial charge in [-0.05, 0) is 36.2 Å². The molecule has 0 bridgehead atoms. The minimum absolute atomic E-state index is 0.0498. The van der Waals surface area contributed by atoms with Crippen molar-refractivity contribution >= 4 is 0 Å². The van der Waals surface area contributed by atoms with Crippen LogP contribution in [0.5, 0.6) is 0 Å². The zero-order valence-electron chi connectivity index (χ0n) is 8.98. The van der Waals surface area contributed by atoms with Gasteiger partial charge in [0.25, 0.3) is 5.56 Å². The normalized spacial score (nSPS) is 10.4. The molecule has 0 spiro atoms. The predicted molar refractivity (Wildman–Crippen MR) is 60.9 cm³/mol. The van der Waals surface area contributed by atoms with Crippen LogP contribution in [0.2, 0.25) is 0 Å². The number of aryl methyl sites for hydroxylation is 1. The van der Waals surface area contributed by atoms with E-state index in [1.54, 1.807) is 29.0 Å². The number of benzene rings is 1. The minimum Gasteiger partial charge on any atom is -0.311 e. The average molecular weight is 217 g/mol. The van der Waals surface area contributed by atoms with Crippen molar-refractivity contribution in [2.24, 2.45) is 0 Å². The highest BCUT2D eigenvalue weighted by atomic mass is 19.1. The van der Waals surface area contributed by atoms with Crippen LogP contribution in [0, 0.1) is 12.7 Å². The van der Waals surface area contributed by atoms with Gasteiger partial charge in [-0.25, -0.2) is 4.39 Å². The first kappa shape index (κ1) is 10.6. The number of halogens is 1. The molecule has 0 aliphatic carbocycles. The topological polar surface area (TPSA) is 22.0 Å². The van der Waals surface area contributed by atoms with E-state index in [0.717, 1.165) is 11.1 Å². The summed E-state index contributed by atoms with van der Waals surface area (Å²) >= 11 is 0. The summed E-state index contributed by atoms with van der Waals surface area (Å²) in [7, 11) is 0. The lowest BCUT2D eigenvalue weighted by Gasteiger charge is -2.08. The zero-order valence-corrected chi connectivity index (χ0v) is 8.98. The molecule has 0 saturated carbocycles. The Morgan fingerprint density at radius 2 is 2.06 bits per heavy atom. The van der Waals surface area contributed by atoms with E-state index in [1.165, 1.54) is 18.2 Å². The zero-order chi connectivity index (χ0) is 11.5. The molecule has 2 nitrogen and oxygen atoms in total. The van der Waals surface area contributed by atoms with Gasteiger partial charge in [-0.2, -0.15) is 0 Å². The first-order valence-corrected chi connectivity index (χ1v) is 5.07. The van der Waals surface area contributed by atoms with E-state index in [0.29, 0.717) is 6.54 Å². The molecule has 0 unspecified atom stereocenters. The Bertz CT molecular complexity index is 560. The van der Waals surface area contributed by atoms with Crippen LogP contribution in [0.4, 0.5) is 4.39 Å². The number of hydrogen-bond donors (Lipinski definition) is 0. The van der Waals surface area contributed by atoms with E-state index >= 15 is 0 Å². The molecule has 0 amide bonds. The minimum atomic E-state index is -0.248. The first-order valence-electron chi connectivity index (χ1n) is 5.07. The summed E-state index contributed by atoms with van der Waals surface area (Å²) in [5, 5.41) is 0. The van der Waals surface area contributed by atoms with Crippen LogP contribution >= 0.6 is 0 Å². The van der Waals surface area contributed by atoms with Gasteiger partial charge in [0.2, 0.25) is 0 Å². The summed E-state index contributed by atoms with van der Waals surface area (Å²) in [6, 6.07) is 9.62. The third-order valence-corrected chi connectivity index (χ3v) is 2.54. The predicted octanol–water partition coefficient (Wildman–Crippen LogP) is 2.34. The van der Waals surface area contributed by atoms with Crippen LogP contribution in [0.15, 0.2) is 47.4 Å². The maximum absolute atomic E-state index is 12.9. The molecule has 82 valence electrons. The van der Waals surface area contributed by atoms with E-state index < -0.39 is 0 Å². The van der Waals surface area contributed by atoms with Crippen LogP contribution < -0.4 is 5.56 Å². The van der Waals surface area contributed by atoms with Crippen molar-refractivity contribution in [2.45, 2.75) is 13.5 Å². The van der Waals surface area contributed by atoms with Crippen LogP contribution in [0.3, 0.4) is 0 Å². The van der Waals surface area contributed by atoms with Crippen molar-refractivity contribution in [1.82, 2.24) is 4.57 Å². The molecule has 2 aromatic rings. The summed E-state index contributed by atoms with van der Waals surface area (Å²) in [5.41, 5.74) is 1.76. The maximum atomic E-state index is 12.9. The van der Waals surface area contributed by atoms with E-state index in [2.05, 4.69) is 0 Å².